The second kappa shape index (κ2) is 9.09. The van der Waals surface area contributed by atoms with Crippen molar-refractivity contribution in [1.82, 2.24) is 19.8 Å². The lowest BCUT2D eigenvalue weighted by atomic mass is 10.0. The highest BCUT2D eigenvalue weighted by atomic mass is 32.2. The number of benzene rings is 1. The summed E-state index contributed by atoms with van der Waals surface area (Å²) in [6.07, 6.45) is 5.39. The lowest BCUT2D eigenvalue weighted by Crippen LogP contribution is -2.37. The maximum absolute atomic E-state index is 13.4. The van der Waals surface area contributed by atoms with Crippen molar-refractivity contribution >= 4 is 23.5 Å². The normalized spacial score (nSPS) is 16.1. The van der Waals surface area contributed by atoms with Crippen LogP contribution >= 0.6 is 11.8 Å². The smallest absolute Gasteiger partial charge is 0.255 e. The highest BCUT2D eigenvalue weighted by Gasteiger charge is 2.32. The molecule has 1 aliphatic heterocycles. The number of hydrogen-bond acceptors (Lipinski definition) is 6. The largest absolute Gasteiger partial charge is 0.361 e. The Kier molecular flexibility index (Phi) is 6.27. The van der Waals surface area contributed by atoms with Crippen LogP contribution in [0, 0.1) is 13.8 Å². The number of thioether (sulfide) groups is 1. The van der Waals surface area contributed by atoms with E-state index in [4.69, 9.17) is 4.52 Å². The monoisotopic (exact) mass is 438 g/mol. The number of hydrogen-bond donors (Lipinski definition) is 0. The third-order valence-electron chi connectivity index (χ3n) is 5.76. The van der Waals surface area contributed by atoms with Crippen molar-refractivity contribution < 1.29 is 14.1 Å². The Morgan fingerprint density at radius 3 is 2.77 bits per heavy atom. The summed E-state index contributed by atoms with van der Waals surface area (Å²) in [4.78, 5) is 28.9. The van der Waals surface area contributed by atoms with Crippen LogP contribution in [0.1, 0.15) is 57.0 Å². The molecule has 1 amide bonds. The van der Waals surface area contributed by atoms with E-state index < -0.39 is 0 Å². The van der Waals surface area contributed by atoms with Crippen molar-refractivity contribution in [3.63, 3.8) is 0 Å². The molecular formula is C23H26N4O3S. The highest BCUT2D eigenvalue weighted by Crippen LogP contribution is 2.31. The standard InChI is InChI=1S/C23H26N4O3S/c1-15-20(16(2)30-25-15)14-31-22-9-5-4-8-19(22)23(29)27-10-6-7-18(27)11-21(28)17-12-24-26(3)13-17/h4-5,8-9,12-13,18H,6-7,10-11,14H2,1-3H3/t18-/m1/s1. The van der Waals surface area contributed by atoms with Gasteiger partial charge in [0.1, 0.15) is 5.76 Å². The van der Waals surface area contributed by atoms with Crippen LogP contribution in [0.15, 0.2) is 46.1 Å². The molecule has 0 N–H and O–H groups in total. The molecule has 1 fully saturated rings. The number of rotatable bonds is 7. The molecule has 3 aromatic rings. The first-order valence-corrected chi connectivity index (χ1v) is 11.4. The van der Waals surface area contributed by atoms with Crippen LogP contribution in [0.2, 0.25) is 0 Å². The van der Waals surface area contributed by atoms with E-state index in [2.05, 4.69) is 10.3 Å². The van der Waals surface area contributed by atoms with Crippen LogP contribution in [0.25, 0.3) is 0 Å². The Labute approximate surface area is 185 Å². The zero-order valence-electron chi connectivity index (χ0n) is 18.0. The maximum atomic E-state index is 13.4. The molecular weight excluding hydrogens is 412 g/mol. The zero-order valence-corrected chi connectivity index (χ0v) is 18.8. The Morgan fingerprint density at radius 2 is 2.06 bits per heavy atom. The highest BCUT2D eigenvalue weighted by molar-refractivity contribution is 7.98. The van der Waals surface area contributed by atoms with Gasteiger partial charge in [0, 0.05) is 48.5 Å². The van der Waals surface area contributed by atoms with E-state index in [0.717, 1.165) is 34.8 Å². The first kappa shape index (κ1) is 21.4. The van der Waals surface area contributed by atoms with Gasteiger partial charge in [0.2, 0.25) is 0 Å². The summed E-state index contributed by atoms with van der Waals surface area (Å²) >= 11 is 1.61. The number of likely N-dealkylation sites (tertiary alicyclic amines) is 1. The van der Waals surface area contributed by atoms with E-state index in [1.54, 1.807) is 35.9 Å². The molecule has 31 heavy (non-hydrogen) atoms. The molecule has 2 aromatic heterocycles. The van der Waals surface area contributed by atoms with E-state index >= 15 is 0 Å². The fourth-order valence-corrected chi connectivity index (χ4v) is 5.19. The third kappa shape index (κ3) is 4.58. The maximum Gasteiger partial charge on any atom is 0.255 e. The lowest BCUT2D eigenvalue weighted by molar-refractivity contribution is 0.0714. The quantitative estimate of drug-likeness (QED) is 0.406. The topological polar surface area (TPSA) is 81.2 Å². The summed E-state index contributed by atoms with van der Waals surface area (Å²) in [6.45, 7) is 4.51. The van der Waals surface area contributed by atoms with Crippen molar-refractivity contribution in [1.29, 1.82) is 0 Å². The Bertz CT molecular complexity index is 1080. The first-order chi connectivity index (χ1) is 14.9. The molecule has 0 spiro atoms. The molecule has 0 aliphatic carbocycles. The van der Waals surface area contributed by atoms with Crippen molar-refractivity contribution in [2.24, 2.45) is 7.05 Å². The van der Waals surface area contributed by atoms with Crippen LogP contribution in [-0.2, 0) is 12.8 Å². The molecule has 1 aliphatic rings. The SMILES string of the molecule is Cc1noc(C)c1CSc1ccccc1C(=O)N1CCC[C@@H]1CC(=O)c1cnn(C)c1. The summed E-state index contributed by atoms with van der Waals surface area (Å²) in [6, 6.07) is 7.60. The average Bonchev–Trinajstić information content (AvgIpc) is 3.48. The van der Waals surface area contributed by atoms with E-state index in [9.17, 15) is 9.59 Å². The van der Waals surface area contributed by atoms with Crippen LogP contribution < -0.4 is 0 Å². The number of Topliss-reactive ketones (excluding diaryl/α,β-unsaturated/α-hetero) is 1. The van der Waals surface area contributed by atoms with Gasteiger partial charge in [0.15, 0.2) is 5.78 Å². The molecule has 0 bridgehead atoms. The van der Waals surface area contributed by atoms with Crippen molar-refractivity contribution in [3.8, 4) is 0 Å². The van der Waals surface area contributed by atoms with Gasteiger partial charge in [0.25, 0.3) is 5.91 Å². The Balaban J connectivity index is 1.49. The molecule has 0 unspecified atom stereocenters. The van der Waals surface area contributed by atoms with Crippen LogP contribution in [0.3, 0.4) is 0 Å². The minimum absolute atomic E-state index is 0.0108. The van der Waals surface area contributed by atoms with Crippen molar-refractivity contribution in [2.75, 3.05) is 6.54 Å². The zero-order chi connectivity index (χ0) is 22.0. The molecule has 1 aromatic carbocycles. The summed E-state index contributed by atoms with van der Waals surface area (Å²) in [5, 5.41) is 8.09. The minimum atomic E-state index is -0.0826. The van der Waals surface area contributed by atoms with E-state index in [1.807, 2.05) is 43.0 Å². The van der Waals surface area contributed by atoms with Gasteiger partial charge in [-0.3, -0.25) is 14.3 Å². The number of ketones is 1. The van der Waals surface area contributed by atoms with Crippen LogP contribution in [0.4, 0.5) is 0 Å². The number of carbonyl (C=O) groups excluding carboxylic acids is 2. The Morgan fingerprint density at radius 1 is 1.26 bits per heavy atom. The predicted molar refractivity (Wildman–Crippen MR) is 118 cm³/mol. The predicted octanol–water partition coefficient (Wildman–Crippen LogP) is 4.19. The van der Waals surface area contributed by atoms with Gasteiger partial charge in [-0.05, 0) is 38.8 Å². The fourth-order valence-electron chi connectivity index (χ4n) is 3.99. The number of nitrogens with zero attached hydrogens (tertiary/aromatic N) is 4. The van der Waals surface area contributed by atoms with Crippen molar-refractivity contribution in [3.05, 3.63) is 64.8 Å². The van der Waals surface area contributed by atoms with Crippen LogP contribution in [-0.4, -0.2) is 44.1 Å². The lowest BCUT2D eigenvalue weighted by Gasteiger charge is -2.25. The van der Waals surface area contributed by atoms with Gasteiger partial charge < -0.3 is 9.42 Å². The second-order valence-corrected chi connectivity index (χ2v) is 8.93. The third-order valence-corrected chi connectivity index (χ3v) is 6.86. The van der Waals surface area contributed by atoms with E-state index in [-0.39, 0.29) is 17.7 Å². The summed E-state index contributed by atoms with van der Waals surface area (Å²) in [5.41, 5.74) is 3.22. The van der Waals surface area contributed by atoms with Gasteiger partial charge in [0.05, 0.1) is 23.0 Å². The minimum Gasteiger partial charge on any atom is -0.361 e. The molecule has 4 rings (SSSR count). The number of carbonyl (C=O) groups is 2. The molecule has 1 saturated heterocycles. The van der Waals surface area contributed by atoms with Gasteiger partial charge in [-0.2, -0.15) is 5.10 Å². The van der Waals surface area contributed by atoms with Gasteiger partial charge in [-0.15, -0.1) is 11.8 Å². The van der Waals surface area contributed by atoms with Crippen LogP contribution in [0.5, 0.6) is 0 Å². The molecule has 0 saturated carbocycles. The summed E-state index contributed by atoms with van der Waals surface area (Å²) in [7, 11) is 1.79. The molecule has 0 radical (unpaired) electrons. The molecule has 162 valence electrons. The second-order valence-electron chi connectivity index (χ2n) is 7.91. The molecule has 1 atom stereocenters. The summed E-state index contributed by atoms with van der Waals surface area (Å²) in [5.74, 6) is 1.51. The average molecular weight is 439 g/mol. The number of aromatic nitrogens is 3. The van der Waals surface area contributed by atoms with Gasteiger partial charge >= 0.3 is 0 Å². The molecule has 7 nitrogen and oxygen atoms in total. The van der Waals surface area contributed by atoms with Gasteiger partial charge in [-0.25, -0.2) is 0 Å². The number of aryl methyl sites for hydroxylation is 3. The van der Waals surface area contributed by atoms with E-state index in [0.29, 0.717) is 29.8 Å². The summed E-state index contributed by atoms with van der Waals surface area (Å²) < 4.78 is 6.88. The molecule has 3 heterocycles. The fraction of sp³-hybridized carbons (Fsp3) is 0.391. The number of amides is 1. The first-order valence-electron chi connectivity index (χ1n) is 10.4. The Hall–Kier alpha value is -2.87. The van der Waals surface area contributed by atoms with E-state index in [1.165, 1.54) is 0 Å². The van der Waals surface area contributed by atoms with Crippen molar-refractivity contribution in [2.45, 2.75) is 49.8 Å². The molecule has 8 heteroatoms. The van der Waals surface area contributed by atoms with Gasteiger partial charge in [-0.1, -0.05) is 17.3 Å².